The van der Waals surface area contributed by atoms with Crippen molar-refractivity contribution in [2.24, 2.45) is 0 Å². The molecule has 0 amide bonds. The Hall–Kier alpha value is -1.34. The quantitative estimate of drug-likeness (QED) is 0.912. The van der Waals surface area contributed by atoms with Crippen molar-refractivity contribution >= 4 is 0 Å². The van der Waals surface area contributed by atoms with E-state index in [9.17, 15) is 18.3 Å². The van der Waals surface area contributed by atoms with E-state index in [0.717, 1.165) is 26.0 Å². The summed E-state index contributed by atoms with van der Waals surface area (Å²) in [5, 5.41) is 10.7. The number of fused-ring (bicyclic) bond motifs is 2. The van der Waals surface area contributed by atoms with E-state index < -0.39 is 23.2 Å². The molecule has 3 rings (SSSR count). The SMILES string of the molecule is COc1ncc(C2(O)CC3CCC(C2)O3)cc1C(F)(F)F. The average molecular weight is 303 g/mol. The molecule has 7 heteroatoms. The van der Waals surface area contributed by atoms with E-state index in [1.165, 1.54) is 6.20 Å². The summed E-state index contributed by atoms with van der Waals surface area (Å²) >= 11 is 0. The van der Waals surface area contributed by atoms with Gasteiger partial charge in [-0.3, -0.25) is 0 Å². The number of methoxy groups -OCH3 is 1. The van der Waals surface area contributed by atoms with E-state index >= 15 is 0 Å². The number of rotatable bonds is 2. The maximum absolute atomic E-state index is 13.0. The van der Waals surface area contributed by atoms with Crippen molar-refractivity contribution in [3.8, 4) is 5.88 Å². The Kier molecular flexibility index (Phi) is 3.37. The van der Waals surface area contributed by atoms with Crippen LogP contribution < -0.4 is 4.74 Å². The minimum Gasteiger partial charge on any atom is -0.481 e. The van der Waals surface area contributed by atoms with E-state index in [1.54, 1.807) is 0 Å². The van der Waals surface area contributed by atoms with Crippen molar-refractivity contribution < 1.29 is 27.8 Å². The van der Waals surface area contributed by atoms with Crippen LogP contribution in [0.1, 0.15) is 36.8 Å². The number of pyridine rings is 1. The zero-order chi connectivity index (χ0) is 15.3. The number of ether oxygens (including phenoxy) is 2. The van der Waals surface area contributed by atoms with Crippen LogP contribution in [0.25, 0.3) is 0 Å². The standard InChI is InChI=1S/C14H16F3NO3/c1-20-12-11(14(15,16)17)4-8(7-18-12)13(19)5-9-2-3-10(6-13)21-9/h4,7,9-10,19H,2-3,5-6H2,1H3. The second-order valence-corrected chi connectivity index (χ2v) is 5.68. The molecular weight excluding hydrogens is 287 g/mol. The first kappa shape index (κ1) is 14.6. The normalized spacial score (nSPS) is 32.2. The Morgan fingerprint density at radius 1 is 1.33 bits per heavy atom. The lowest BCUT2D eigenvalue weighted by atomic mass is 9.84. The summed E-state index contributed by atoms with van der Waals surface area (Å²) in [6.45, 7) is 0. The summed E-state index contributed by atoms with van der Waals surface area (Å²) in [6.07, 6.45) is -1.22. The van der Waals surface area contributed by atoms with Gasteiger partial charge in [0, 0.05) is 24.6 Å². The van der Waals surface area contributed by atoms with Crippen molar-refractivity contribution in [3.05, 3.63) is 23.4 Å². The smallest absolute Gasteiger partial charge is 0.421 e. The van der Waals surface area contributed by atoms with E-state index in [-0.39, 0.29) is 17.8 Å². The number of hydrogen-bond acceptors (Lipinski definition) is 4. The number of alkyl halides is 3. The fourth-order valence-electron chi connectivity index (χ4n) is 3.23. The molecule has 0 saturated carbocycles. The third-order valence-electron chi connectivity index (χ3n) is 4.21. The molecule has 2 atom stereocenters. The van der Waals surface area contributed by atoms with Crippen LogP contribution in [-0.2, 0) is 16.5 Å². The maximum Gasteiger partial charge on any atom is 0.421 e. The molecule has 2 bridgehead atoms. The van der Waals surface area contributed by atoms with Gasteiger partial charge < -0.3 is 14.6 Å². The van der Waals surface area contributed by atoms with E-state index in [2.05, 4.69) is 9.72 Å². The van der Waals surface area contributed by atoms with Gasteiger partial charge in [0.05, 0.1) is 24.9 Å². The summed E-state index contributed by atoms with van der Waals surface area (Å²) in [5.41, 5.74) is -2.10. The molecule has 2 aliphatic rings. The molecule has 21 heavy (non-hydrogen) atoms. The van der Waals surface area contributed by atoms with Gasteiger partial charge >= 0.3 is 6.18 Å². The Morgan fingerprint density at radius 3 is 2.48 bits per heavy atom. The fraction of sp³-hybridized carbons (Fsp3) is 0.643. The third-order valence-corrected chi connectivity index (χ3v) is 4.21. The summed E-state index contributed by atoms with van der Waals surface area (Å²) in [5.74, 6) is -0.482. The predicted molar refractivity (Wildman–Crippen MR) is 66.8 cm³/mol. The van der Waals surface area contributed by atoms with Crippen LogP contribution in [0.15, 0.2) is 12.3 Å². The lowest BCUT2D eigenvalue weighted by Crippen LogP contribution is -2.39. The molecule has 4 nitrogen and oxygen atoms in total. The first-order valence-electron chi connectivity index (χ1n) is 6.81. The van der Waals surface area contributed by atoms with Crippen LogP contribution in [0.3, 0.4) is 0 Å². The van der Waals surface area contributed by atoms with Gasteiger partial charge in [-0.25, -0.2) is 4.98 Å². The van der Waals surface area contributed by atoms with Gasteiger partial charge in [0.25, 0.3) is 0 Å². The predicted octanol–water partition coefficient (Wildman–Crippen LogP) is 2.64. The van der Waals surface area contributed by atoms with Gasteiger partial charge in [0.2, 0.25) is 5.88 Å². The monoisotopic (exact) mass is 303 g/mol. The molecule has 0 aromatic carbocycles. The summed E-state index contributed by atoms with van der Waals surface area (Å²) in [7, 11) is 1.14. The Morgan fingerprint density at radius 2 is 1.95 bits per heavy atom. The molecule has 2 saturated heterocycles. The Bertz CT molecular complexity index is 535. The van der Waals surface area contributed by atoms with Gasteiger partial charge in [-0.2, -0.15) is 13.2 Å². The highest BCUT2D eigenvalue weighted by Gasteiger charge is 2.46. The van der Waals surface area contributed by atoms with Crippen molar-refractivity contribution in [3.63, 3.8) is 0 Å². The second-order valence-electron chi connectivity index (χ2n) is 5.68. The molecular formula is C14H16F3NO3. The largest absolute Gasteiger partial charge is 0.481 e. The third kappa shape index (κ3) is 2.60. The molecule has 116 valence electrons. The number of hydrogen-bond donors (Lipinski definition) is 1. The molecule has 2 fully saturated rings. The number of aromatic nitrogens is 1. The lowest BCUT2D eigenvalue weighted by molar-refractivity contribution is -0.139. The van der Waals surface area contributed by atoms with Crippen LogP contribution in [-0.4, -0.2) is 29.4 Å². The van der Waals surface area contributed by atoms with Crippen molar-refractivity contribution in [2.75, 3.05) is 7.11 Å². The van der Waals surface area contributed by atoms with Gasteiger partial charge in [0.1, 0.15) is 5.56 Å². The molecule has 1 aromatic rings. The lowest BCUT2D eigenvalue weighted by Gasteiger charge is -2.36. The van der Waals surface area contributed by atoms with E-state index in [1.807, 2.05) is 0 Å². The summed E-state index contributed by atoms with van der Waals surface area (Å²) < 4.78 is 49.4. The number of halogens is 3. The van der Waals surface area contributed by atoms with Gasteiger partial charge in [-0.05, 0) is 18.9 Å². The van der Waals surface area contributed by atoms with Crippen molar-refractivity contribution in [2.45, 2.75) is 49.7 Å². The van der Waals surface area contributed by atoms with Crippen LogP contribution in [0.5, 0.6) is 5.88 Å². The first-order valence-corrected chi connectivity index (χ1v) is 6.81. The molecule has 3 heterocycles. The van der Waals surface area contributed by atoms with Crippen LogP contribution in [0.2, 0.25) is 0 Å². The van der Waals surface area contributed by atoms with Crippen LogP contribution in [0.4, 0.5) is 13.2 Å². The zero-order valence-corrected chi connectivity index (χ0v) is 11.5. The minimum atomic E-state index is -4.57. The molecule has 2 aliphatic heterocycles. The number of nitrogens with zero attached hydrogens (tertiary/aromatic N) is 1. The van der Waals surface area contributed by atoms with Crippen LogP contribution >= 0.6 is 0 Å². The fourth-order valence-corrected chi connectivity index (χ4v) is 3.23. The van der Waals surface area contributed by atoms with Gasteiger partial charge in [0.15, 0.2) is 0 Å². The molecule has 0 spiro atoms. The molecule has 0 radical (unpaired) electrons. The van der Waals surface area contributed by atoms with Gasteiger partial charge in [-0.1, -0.05) is 0 Å². The molecule has 2 unspecified atom stereocenters. The topological polar surface area (TPSA) is 51.6 Å². The Labute approximate surface area is 119 Å². The van der Waals surface area contributed by atoms with Gasteiger partial charge in [-0.15, -0.1) is 0 Å². The van der Waals surface area contributed by atoms with E-state index in [0.29, 0.717) is 12.8 Å². The molecule has 0 aliphatic carbocycles. The molecule has 1 N–H and O–H groups in total. The molecule has 1 aromatic heterocycles. The highest BCUT2D eigenvalue weighted by molar-refractivity contribution is 5.35. The highest BCUT2D eigenvalue weighted by Crippen LogP contribution is 2.45. The van der Waals surface area contributed by atoms with Crippen LogP contribution in [0, 0.1) is 0 Å². The summed E-state index contributed by atoms with van der Waals surface area (Å²) in [4.78, 5) is 3.71. The Balaban J connectivity index is 1.99. The van der Waals surface area contributed by atoms with E-state index in [4.69, 9.17) is 4.74 Å². The average Bonchev–Trinajstić information content (AvgIpc) is 2.77. The van der Waals surface area contributed by atoms with Crippen molar-refractivity contribution in [1.29, 1.82) is 0 Å². The van der Waals surface area contributed by atoms with Crippen molar-refractivity contribution in [1.82, 2.24) is 4.98 Å². The number of aliphatic hydroxyl groups is 1. The summed E-state index contributed by atoms with van der Waals surface area (Å²) in [6, 6.07) is 0.941. The zero-order valence-electron chi connectivity index (χ0n) is 11.5. The first-order chi connectivity index (χ1) is 9.82. The second kappa shape index (κ2) is 4.84. The minimum absolute atomic E-state index is 0.0924. The maximum atomic E-state index is 13.0. The highest BCUT2D eigenvalue weighted by atomic mass is 19.4.